The lowest BCUT2D eigenvalue weighted by atomic mass is 10.1. The van der Waals surface area contributed by atoms with Crippen LogP contribution in [0.4, 0.5) is 0 Å². The number of aryl methyl sites for hydroxylation is 1. The number of rotatable bonds is 5. The first-order chi connectivity index (χ1) is 8.70. The van der Waals surface area contributed by atoms with Crippen LogP contribution in [0.1, 0.15) is 36.2 Å². The number of thiazole rings is 1. The first kappa shape index (κ1) is 13.1. The molecule has 1 aromatic carbocycles. The highest BCUT2D eigenvalue weighted by atomic mass is 32.1. The molecule has 0 bridgehead atoms. The summed E-state index contributed by atoms with van der Waals surface area (Å²) in [4.78, 5) is 4.45. The number of ether oxygens (including phenoxy) is 1. The molecule has 18 heavy (non-hydrogen) atoms. The normalized spacial score (nSPS) is 12.4. The zero-order valence-electron chi connectivity index (χ0n) is 10.6. The van der Waals surface area contributed by atoms with Crippen LogP contribution in [0.2, 0.25) is 0 Å². The Morgan fingerprint density at radius 2 is 2.17 bits per heavy atom. The van der Waals surface area contributed by atoms with Gasteiger partial charge < -0.3 is 9.84 Å². The maximum atomic E-state index is 9.65. The van der Waals surface area contributed by atoms with Crippen molar-refractivity contribution in [2.75, 3.05) is 0 Å². The number of aliphatic hydroxyl groups excluding tert-OH is 1. The molecule has 1 heterocycles. The Balaban J connectivity index is 2.05. The number of aromatic nitrogens is 1. The zero-order valence-corrected chi connectivity index (χ0v) is 11.4. The Hall–Kier alpha value is -1.39. The van der Waals surface area contributed by atoms with Crippen LogP contribution in [0, 0.1) is 0 Å². The molecule has 0 aliphatic rings. The van der Waals surface area contributed by atoms with Gasteiger partial charge in [-0.3, -0.25) is 0 Å². The Labute approximate surface area is 111 Å². The topological polar surface area (TPSA) is 42.4 Å². The molecular weight excluding hydrogens is 246 g/mol. The van der Waals surface area contributed by atoms with Gasteiger partial charge in [-0.25, -0.2) is 4.98 Å². The second-order valence-electron chi connectivity index (χ2n) is 4.09. The maximum absolute atomic E-state index is 9.65. The van der Waals surface area contributed by atoms with E-state index in [1.165, 1.54) is 0 Å². The molecule has 3 nitrogen and oxygen atoms in total. The molecule has 0 radical (unpaired) electrons. The van der Waals surface area contributed by atoms with Gasteiger partial charge in [0.25, 0.3) is 0 Å². The molecule has 2 rings (SSSR count). The summed E-state index contributed by atoms with van der Waals surface area (Å²) in [6.45, 7) is 4.27. The van der Waals surface area contributed by atoms with Crippen molar-refractivity contribution in [1.29, 1.82) is 0 Å². The number of hydrogen-bond acceptors (Lipinski definition) is 4. The van der Waals surface area contributed by atoms with Crippen LogP contribution in [0.5, 0.6) is 5.75 Å². The number of hydrogen-bond donors (Lipinski definition) is 1. The number of benzene rings is 1. The predicted octanol–water partition coefficient (Wildman–Crippen LogP) is 3.34. The summed E-state index contributed by atoms with van der Waals surface area (Å²) < 4.78 is 5.73. The van der Waals surface area contributed by atoms with E-state index in [0.717, 1.165) is 28.4 Å². The van der Waals surface area contributed by atoms with Gasteiger partial charge in [0.1, 0.15) is 12.4 Å². The Morgan fingerprint density at radius 1 is 1.39 bits per heavy atom. The quantitative estimate of drug-likeness (QED) is 0.899. The van der Waals surface area contributed by atoms with E-state index in [9.17, 15) is 5.11 Å². The third-order valence-electron chi connectivity index (χ3n) is 2.65. The third kappa shape index (κ3) is 3.09. The van der Waals surface area contributed by atoms with Gasteiger partial charge >= 0.3 is 0 Å². The molecular formula is C14H17NO2S. The van der Waals surface area contributed by atoms with Crippen molar-refractivity contribution in [3.8, 4) is 5.75 Å². The average Bonchev–Trinajstić information content (AvgIpc) is 2.84. The fraction of sp³-hybridized carbons (Fsp3) is 0.357. The highest BCUT2D eigenvalue weighted by Gasteiger charge is 2.09. The van der Waals surface area contributed by atoms with Crippen LogP contribution in [-0.2, 0) is 13.0 Å². The van der Waals surface area contributed by atoms with Gasteiger partial charge in [-0.2, -0.15) is 0 Å². The van der Waals surface area contributed by atoms with E-state index in [1.54, 1.807) is 18.3 Å². The molecule has 96 valence electrons. The van der Waals surface area contributed by atoms with Crippen molar-refractivity contribution < 1.29 is 9.84 Å². The van der Waals surface area contributed by atoms with Crippen LogP contribution in [-0.4, -0.2) is 10.1 Å². The SMILES string of the molecule is CCc1nc(COc2ccccc2C(C)O)cs1. The standard InChI is InChI=1S/C14H17NO2S/c1-3-14-15-11(9-18-14)8-17-13-7-5-4-6-12(13)10(2)16/h4-7,9-10,16H,3,8H2,1-2H3. The smallest absolute Gasteiger partial charge is 0.131 e. The highest BCUT2D eigenvalue weighted by molar-refractivity contribution is 7.09. The second kappa shape index (κ2) is 5.98. The summed E-state index contributed by atoms with van der Waals surface area (Å²) in [6.07, 6.45) is 0.428. The van der Waals surface area contributed by atoms with Gasteiger partial charge in [-0.1, -0.05) is 25.1 Å². The van der Waals surface area contributed by atoms with Crippen LogP contribution in [0.3, 0.4) is 0 Å². The minimum atomic E-state index is -0.525. The number of aliphatic hydroxyl groups is 1. The molecule has 1 unspecified atom stereocenters. The lowest BCUT2D eigenvalue weighted by molar-refractivity contribution is 0.190. The summed E-state index contributed by atoms with van der Waals surface area (Å²) in [6, 6.07) is 7.54. The summed E-state index contributed by atoms with van der Waals surface area (Å²) in [7, 11) is 0. The van der Waals surface area contributed by atoms with Gasteiger partial charge in [-0.15, -0.1) is 11.3 Å². The van der Waals surface area contributed by atoms with Gasteiger partial charge in [0.15, 0.2) is 0 Å². The maximum Gasteiger partial charge on any atom is 0.131 e. The summed E-state index contributed by atoms with van der Waals surface area (Å²) >= 11 is 1.65. The van der Waals surface area contributed by atoms with Crippen molar-refractivity contribution in [2.45, 2.75) is 33.0 Å². The highest BCUT2D eigenvalue weighted by Crippen LogP contribution is 2.25. The first-order valence-corrected chi connectivity index (χ1v) is 6.91. The van der Waals surface area contributed by atoms with Crippen molar-refractivity contribution in [3.05, 3.63) is 45.9 Å². The fourth-order valence-electron chi connectivity index (χ4n) is 1.69. The summed E-state index contributed by atoms with van der Waals surface area (Å²) in [5.41, 5.74) is 1.75. The van der Waals surface area contributed by atoms with E-state index >= 15 is 0 Å². The van der Waals surface area contributed by atoms with Crippen molar-refractivity contribution in [2.24, 2.45) is 0 Å². The molecule has 0 saturated carbocycles. The van der Waals surface area contributed by atoms with Gasteiger partial charge in [0.05, 0.1) is 16.8 Å². The van der Waals surface area contributed by atoms with E-state index < -0.39 is 6.10 Å². The van der Waals surface area contributed by atoms with Crippen LogP contribution >= 0.6 is 11.3 Å². The van der Waals surface area contributed by atoms with Crippen LogP contribution in [0.15, 0.2) is 29.6 Å². The Bertz CT molecular complexity index is 508. The molecule has 0 saturated heterocycles. The van der Waals surface area contributed by atoms with Crippen LogP contribution in [0.25, 0.3) is 0 Å². The largest absolute Gasteiger partial charge is 0.487 e. The Morgan fingerprint density at radius 3 is 2.83 bits per heavy atom. The second-order valence-corrected chi connectivity index (χ2v) is 5.03. The van der Waals surface area contributed by atoms with Crippen molar-refractivity contribution in [3.63, 3.8) is 0 Å². The Kier molecular flexibility index (Phi) is 4.33. The van der Waals surface area contributed by atoms with E-state index in [0.29, 0.717) is 6.61 Å². The van der Waals surface area contributed by atoms with Gasteiger partial charge in [-0.05, 0) is 19.4 Å². The molecule has 0 amide bonds. The molecule has 1 atom stereocenters. The third-order valence-corrected chi connectivity index (χ3v) is 3.69. The predicted molar refractivity (Wildman–Crippen MR) is 72.9 cm³/mol. The molecule has 1 aromatic heterocycles. The fourth-order valence-corrected chi connectivity index (χ4v) is 2.42. The van der Waals surface area contributed by atoms with E-state index in [2.05, 4.69) is 11.9 Å². The monoisotopic (exact) mass is 263 g/mol. The molecule has 1 N–H and O–H groups in total. The molecule has 0 aliphatic heterocycles. The van der Waals surface area contributed by atoms with Gasteiger partial charge in [0, 0.05) is 10.9 Å². The zero-order chi connectivity index (χ0) is 13.0. The summed E-state index contributed by atoms with van der Waals surface area (Å²) in [5.74, 6) is 0.721. The minimum absolute atomic E-state index is 0.445. The minimum Gasteiger partial charge on any atom is -0.487 e. The van der Waals surface area contributed by atoms with Crippen molar-refractivity contribution in [1.82, 2.24) is 4.98 Å². The lowest BCUT2D eigenvalue weighted by Gasteiger charge is -2.12. The van der Waals surface area contributed by atoms with Crippen molar-refractivity contribution >= 4 is 11.3 Å². The summed E-state index contributed by atoms with van der Waals surface area (Å²) in [5, 5.41) is 12.8. The number of para-hydroxylation sites is 1. The molecule has 0 fully saturated rings. The van der Waals surface area contributed by atoms with E-state index in [1.807, 2.05) is 29.6 Å². The molecule has 4 heteroatoms. The lowest BCUT2D eigenvalue weighted by Crippen LogP contribution is -2.01. The first-order valence-electron chi connectivity index (χ1n) is 6.03. The molecule has 0 spiro atoms. The van der Waals surface area contributed by atoms with E-state index in [4.69, 9.17) is 4.74 Å². The molecule has 2 aromatic rings. The van der Waals surface area contributed by atoms with Crippen LogP contribution < -0.4 is 4.74 Å². The number of nitrogens with zero attached hydrogens (tertiary/aromatic N) is 1. The van der Waals surface area contributed by atoms with E-state index in [-0.39, 0.29) is 0 Å². The average molecular weight is 263 g/mol. The molecule has 0 aliphatic carbocycles. The van der Waals surface area contributed by atoms with Gasteiger partial charge in [0.2, 0.25) is 0 Å².